The Morgan fingerprint density at radius 1 is 1.19 bits per heavy atom. The van der Waals surface area contributed by atoms with Crippen LogP contribution >= 0.6 is 15.9 Å². The molecule has 2 bridgehead atoms. The first-order valence-corrected chi connectivity index (χ1v) is 9.47. The maximum atomic E-state index is 12.9. The minimum absolute atomic E-state index is 0.00845. The van der Waals surface area contributed by atoms with Crippen molar-refractivity contribution in [1.82, 2.24) is 5.01 Å². The molecule has 6 rings (SSSR count). The Bertz CT molecular complexity index is 860. The van der Waals surface area contributed by atoms with Gasteiger partial charge in [0, 0.05) is 0 Å². The molecule has 1 saturated heterocycles. The van der Waals surface area contributed by atoms with Crippen LogP contribution in [0.4, 0.5) is 0 Å². The van der Waals surface area contributed by atoms with Gasteiger partial charge < -0.3 is 9.84 Å². The molecule has 134 valence electrons. The molecule has 1 aromatic rings. The largest absolute Gasteiger partial charge is 0.503 e. The van der Waals surface area contributed by atoms with Crippen LogP contribution in [0.25, 0.3) is 0 Å². The molecule has 1 aliphatic heterocycles. The van der Waals surface area contributed by atoms with Crippen LogP contribution in [0.2, 0.25) is 0 Å². The van der Waals surface area contributed by atoms with E-state index in [1.165, 1.54) is 13.3 Å². The van der Waals surface area contributed by atoms with Crippen LogP contribution in [0.5, 0.6) is 11.5 Å². The van der Waals surface area contributed by atoms with E-state index in [0.29, 0.717) is 21.9 Å². The molecule has 4 aliphatic carbocycles. The summed E-state index contributed by atoms with van der Waals surface area (Å²) >= 11 is 3.25. The topological polar surface area (TPSA) is 79.2 Å². The molecule has 5 aliphatic rings. The highest BCUT2D eigenvalue weighted by atomic mass is 79.9. The minimum Gasteiger partial charge on any atom is -0.503 e. The van der Waals surface area contributed by atoms with Crippen LogP contribution in [0.15, 0.2) is 33.9 Å². The van der Waals surface area contributed by atoms with Gasteiger partial charge in [0.2, 0.25) is 0 Å². The maximum absolute atomic E-state index is 12.9. The van der Waals surface area contributed by atoms with Crippen LogP contribution in [-0.4, -0.2) is 35.3 Å². The fraction of sp³-hybridized carbons (Fsp3) is 0.421. The van der Waals surface area contributed by atoms with Crippen molar-refractivity contribution in [2.45, 2.75) is 6.42 Å². The van der Waals surface area contributed by atoms with E-state index in [0.717, 1.165) is 11.4 Å². The van der Waals surface area contributed by atoms with Crippen LogP contribution in [0, 0.1) is 35.5 Å². The number of ether oxygens (including phenoxy) is 1. The number of imide groups is 1. The Labute approximate surface area is 158 Å². The quantitative estimate of drug-likeness (QED) is 0.466. The van der Waals surface area contributed by atoms with Crippen LogP contribution in [0.1, 0.15) is 12.0 Å². The third-order valence-electron chi connectivity index (χ3n) is 6.23. The third-order valence-corrected chi connectivity index (χ3v) is 6.84. The standard InChI is InChI=1S/C19H17BrN2O4/c1-26-14-5-8(4-13(20)17(14)23)7-21-22-18(24)15-9-2-3-10(12-6-11(9)12)16(15)19(22)25/h2-5,7,9-12,15-16,23H,6H2,1H3/b21-7-/t9-,10-,11-,12+,15-,16-/m1/s1. The van der Waals surface area contributed by atoms with Crippen molar-refractivity contribution in [2.75, 3.05) is 7.11 Å². The summed E-state index contributed by atoms with van der Waals surface area (Å²) in [5, 5.41) is 15.1. The van der Waals surface area contributed by atoms with Gasteiger partial charge in [-0.1, -0.05) is 12.2 Å². The zero-order valence-electron chi connectivity index (χ0n) is 14.0. The SMILES string of the molecule is COc1cc(/C=N\N2C(=O)[C@@H]3[C@@H]4C=C[C@H]([C@@H]5C[C@H]45)[C@H]3C2=O)cc(Br)c1O. The summed E-state index contributed by atoms with van der Waals surface area (Å²) in [6.45, 7) is 0. The number of rotatable bonds is 3. The van der Waals surface area contributed by atoms with Gasteiger partial charge in [0.05, 0.1) is 29.6 Å². The molecule has 2 saturated carbocycles. The average molecular weight is 417 g/mol. The van der Waals surface area contributed by atoms with E-state index in [2.05, 4.69) is 33.2 Å². The molecule has 0 spiro atoms. The maximum Gasteiger partial charge on any atom is 0.254 e. The Kier molecular flexibility index (Phi) is 3.35. The molecule has 26 heavy (non-hydrogen) atoms. The highest BCUT2D eigenvalue weighted by molar-refractivity contribution is 9.10. The van der Waals surface area contributed by atoms with Gasteiger partial charge in [0.1, 0.15) is 0 Å². The second kappa shape index (κ2) is 5.42. The van der Waals surface area contributed by atoms with Crippen LogP contribution in [-0.2, 0) is 9.59 Å². The lowest BCUT2D eigenvalue weighted by Crippen LogP contribution is -2.40. The lowest BCUT2D eigenvalue weighted by atomic mass is 9.63. The summed E-state index contributed by atoms with van der Waals surface area (Å²) in [4.78, 5) is 25.7. The van der Waals surface area contributed by atoms with Gasteiger partial charge in [-0.15, -0.1) is 0 Å². The summed E-state index contributed by atoms with van der Waals surface area (Å²) in [6, 6.07) is 3.25. The number of halogens is 1. The van der Waals surface area contributed by atoms with Gasteiger partial charge in [-0.2, -0.15) is 10.1 Å². The molecule has 3 fully saturated rings. The lowest BCUT2D eigenvalue weighted by molar-refractivity contribution is -0.140. The second-order valence-electron chi connectivity index (χ2n) is 7.44. The normalized spacial score (nSPS) is 36.6. The van der Waals surface area contributed by atoms with Gasteiger partial charge in [0.25, 0.3) is 11.8 Å². The van der Waals surface area contributed by atoms with Crippen molar-refractivity contribution in [2.24, 2.45) is 40.6 Å². The number of phenolic OH excluding ortho intramolecular Hbond substituents is 1. The Morgan fingerprint density at radius 2 is 1.81 bits per heavy atom. The number of carbonyl (C=O) groups is 2. The molecule has 7 heteroatoms. The van der Waals surface area contributed by atoms with Gasteiger partial charge in [0.15, 0.2) is 11.5 Å². The molecule has 6 atom stereocenters. The predicted octanol–water partition coefficient (Wildman–Crippen LogP) is 2.55. The number of hydrogen-bond donors (Lipinski definition) is 1. The van der Waals surface area contributed by atoms with Crippen LogP contribution in [0.3, 0.4) is 0 Å². The van der Waals surface area contributed by atoms with Crippen molar-refractivity contribution < 1.29 is 19.4 Å². The number of benzene rings is 1. The monoisotopic (exact) mass is 416 g/mol. The average Bonchev–Trinajstić information content (AvgIpc) is 3.41. The first kappa shape index (κ1) is 16.1. The number of amides is 2. The number of aromatic hydroxyl groups is 1. The number of carbonyl (C=O) groups excluding carboxylic acids is 2. The van der Waals surface area contributed by atoms with E-state index in [-0.39, 0.29) is 47.0 Å². The molecule has 1 aromatic carbocycles. The van der Waals surface area contributed by atoms with Crippen molar-refractivity contribution in [1.29, 1.82) is 0 Å². The summed E-state index contributed by atoms with van der Waals surface area (Å²) in [6.07, 6.45) is 6.87. The fourth-order valence-corrected chi connectivity index (χ4v) is 5.46. The molecule has 6 nitrogen and oxygen atoms in total. The molecular formula is C19H17BrN2O4. The molecule has 0 radical (unpaired) electrons. The van der Waals surface area contributed by atoms with Gasteiger partial charge in [-0.25, -0.2) is 0 Å². The summed E-state index contributed by atoms with van der Waals surface area (Å²) in [7, 11) is 1.45. The third kappa shape index (κ3) is 2.06. The second-order valence-corrected chi connectivity index (χ2v) is 8.30. The van der Waals surface area contributed by atoms with Crippen molar-refractivity contribution in [3.63, 3.8) is 0 Å². The highest BCUT2D eigenvalue weighted by Gasteiger charge is 2.67. The molecule has 1 N–H and O–H groups in total. The summed E-state index contributed by atoms with van der Waals surface area (Å²) in [5.74, 6) is 0.926. The Morgan fingerprint density at radius 3 is 2.38 bits per heavy atom. The number of methoxy groups -OCH3 is 1. The Hall–Kier alpha value is -2.15. The summed E-state index contributed by atoms with van der Waals surface area (Å²) in [5.41, 5.74) is 0.617. The first-order chi connectivity index (χ1) is 12.5. The molecule has 0 unspecified atom stereocenters. The molecule has 1 heterocycles. The van der Waals surface area contributed by atoms with E-state index in [1.54, 1.807) is 12.1 Å². The van der Waals surface area contributed by atoms with E-state index >= 15 is 0 Å². The zero-order chi connectivity index (χ0) is 18.2. The number of nitrogens with zero attached hydrogens (tertiary/aromatic N) is 2. The number of phenols is 1. The first-order valence-electron chi connectivity index (χ1n) is 8.68. The van der Waals surface area contributed by atoms with E-state index in [9.17, 15) is 14.7 Å². The Balaban J connectivity index is 1.44. The molecule has 0 aromatic heterocycles. The van der Waals surface area contributed by atoms with Gasteiger partial charge >= 0.3 is 0 Å². The van der Waals surface area contributed by atoms with E-state index in [4.69, 9.17) is 4.74 Å². The number of allylic oxidation sites excluding steroid dienone is 2. The van der Waals surface area contributed by atoms with Gasteiger partial charge in [-0.05, 0) is 63.7 Å². The molecule has 2 amide bonds. The summed E-state index contributed by atoms with van der Waals surface area (Å²) < 4.78 is 5.57. The van der Waals surface area contributed by atoms with Crippen molar-refractivity contribution >= 4 is 34.0 Å². The minimum atomic E-state index is -0.250. The number of hydrogen-bond acceptors (Lipinski definition) is 5. The fourth-order valence-electron chi connectivity index (χ4n) is 5.00. The van der Waals surface area contributed by atoms with E-state index in [1.807, 2.05) is 0 Å². The van der Waals surface area contributed by atoms with Crippen molar-refractivity contribution in [3.8, 4) is 11.5 Å². The smallest absolute Gasteiger partial charge is 0.254 e. The lowest BCUT2D eigenvalue weighted by Gasteiger charge is -2.37. The predicted molar refractivity (Wildman–Crippen MR) is 96.5 cm³/mol. The van der Waals surface area contributed by atoms with E-state index < -0.39 is 0 Å². The molecular weight excluding hydrogens is 400 g/mol. The zero-order valence-corrected chi connectivity index (χ0v) is 15.6. The van der Waals surface area contributed by atoms with Crippen LogP contribution < -0.4 is 4.74 Å². The highest BCUT2D eigenvalue weighted by Crippen LogP contribution is 2.65. The number of hydrazone groups is 1. The van der Waals surface area contributed by atoms with Crippen molar-refractivity contribution in [3.05, 3.63) is 34.3 Å². The van der Waals surface area contributed by atoms with Gasteiger partial charge in [-0.3, -0.25) is 9.59 Å².